The van der Waals surface area contributed by atoms with Gasteiger partial charge in [-0.1, -0.05) is 72.8 Å². The molecule has 2 heterocycles. The summed E-state index contributed by atoms with van der Waals surface area (Å²) in [6.07, 6.45) is -0.855. The first-order valence-corrected chi connectivity index (χ1v) is 14.1. The maximum absolute atomic E-state index is 13.8. The van der Waals surface area contributed by atoms with Gasteiger partial charge in [-0.25, -0.2) is 9.59 Å². The maximum atomic E-state index is 13.8. The second-order valence-electron chi connectivity index (χ2n) is 10.9. The van der Waals surface area contributed by atoms with Crippen molar-refractivity contribution in [3.8, 4) is 0 Å². The Kier molecular flexibility index (Phi) is 15.1. The summed E-state index contributed by atoms with van der Waals surface area (Å²) in [5.74, 6) is -2.37. The third-order valence-corrected chi connectivity index (χ3v) is 7.54. The second-order valence-corrected chi connectivity index (χ2v) is 10.9. The van der Waals surface area contributed by atoms with Gasteiger partial charge in [0.05, 0.1) is 34.1 Å². The summed E-state index contributed by atoms with van der Waals surface area (Å²) in [7, 11) is 0. The number of dihydropyridines is 1. The lowest BCUT2D eigenvalue weighted by molar-refractivity contribution is -0.384. The molecular formula is C33H40Cl2N4O8. The number of likely N-dealkylation sites (tertiary alicyclic amines) is 1. The summed E-state index contributed by atoms with van der Waals surface area (Å²) < 4.78 is 11.5. The van der Waals surface area contributed by atoms with Crippen LogP contribution in [0.1, 0.15) is 49.4 Å². The Morgan fingerprint density at radius 2 is 1.45 bits per heavy atom. The third-order valence-electron chi connectivity index (χ3n) is 7.54. The van der Waals surface area contributed by atoms with Gasteiger partial charge in [0.1, 0.15) is 11.9 Å². The molecule has 12 nitrogen and oxygen atoms in total. The third kappa shape index (κ3) is 8.88. The van der Waals surface area contributed by atoms with Crippen molar-refractivity contribution in [2.75, 3.05) is 13.1 Å². The molecule has 3 aromatic rings. The zero-order valence-corrected chi connectivity index (χ0v) is 27.7. The van der Waals surface area contributed by atoms with Crippen LogP contribution in [0.4, 0.5) is 5.69 Å². The molecule has 5 rings (SSSR count). The SMILES string of the molecule is CC1=C(C(=O)OC(C)C)[C@@H](c2cccc([N+](=O)[O-])c2)C(C(=O)OC2CN(C(c3ccccc3)c3ccccc3)C2)=C(N)N1.Cl.Cl.O.O. The fraction of sp³-hybridized carbons (Fsp3) is 0.273. The van der Waals surface area contributed by atoms with E-state index in [1.807, 2.05) is 36.4 Å². The van der Waals surface area contributed by atoms with Gasteiger partial charge in [-0.2, -0.15) is 0 Å². The number of hydrogen-bond donors (Lipinski definition) is 2. The Hall–Kier alpha value is -4.46. The van der Waals surface area contributed by atoms with E-state index in [1.165, 1.54) is 18.2 Å². The molecule has 2 aliphatic rings. The van der Waals surface area contributed by atoms with Crippen molar-refractivity contribution in [1.82, 2.24) is 10.2 Å². The molecule has 7 N–H and O–H groups in total. The Morgan fingerprint density at radius 3 is 1.96 bits per heavy atom. The molecule has 0 unspecified atom stereocenters. The quantitative estimate of drug-likeness (QED) is 0.190. The van der Waals surface area contributed by atoms with Crippen molar-refractivity contribution in [2.45, 2.75) is 44.9 Å². The minimum atomic E-state index is -1.03. The zero-order chi connectivity index (χ0) is 30.7. The predicted octanol–water partition coefficient (Wildman–Crippen LogP) is 3.89. The van der Waals surface area contributed by atoms with Crippen LogP contribution in [0.2, 0.25) is 0 Å². The number of allylic oxidation sites excluding steroid dienone is 1. The Bertz CT molecular complexity index is 1560. The molecule has 1 atom stereocenters. The number of nitrogens with one attached hydrogen (secondary N) is 1. The van der Waals surface area contributed by atoms with Gasteiger partial charge < -0.3 is 31.5 Å². The van der Waals surface area contributed by atoms with Gasteiger partial charge in [0, 0.05) is 30.9 Å². The molecule has 14 heteroatoms. The largest absolute Gasteiger partial charge is 0.460 e. The number of nitrogens with two attached hydrogens (primary N) is 1. The van der Waals surface area contributed by atoms with E-state index in [0.29, 0.717) is 24.4 Å². The maximum Gasteiger partial charge on any atom is 0.339 e. The lowest BCUT2D eigenvalue weighted by Gasteiger charge is -2.44. The normalized spacial score (nSPS) is 16.0. The molecule has 1 fully saturated rings. The van der Waals surface area contributed by atoms with E-state index >= 15 is 0 Å². The number of carbonyl (C=O) groups excluding carboxylic acids is 2. The Balaban J connectivity index is 0.00000276. The molecule has 0 aromatic heterocycles. The number of carbonyl (C=O) groups is 2. The number of nitro benzene ring substituents is 1. The topological polar surface area (TPSA) is 200 Å². The summed E-state index contributed by atoms with van der Waals surface area (Å²) in [6, 6.07) is 26.0. The van der Waals surface area contributed by atoms with Crippen LogP contribution >= 0.6 is 24.8 Å². The number of halogens is 2. The van der Waals surface area contributed by atoms with E-state index in [4.69, 9.17) is 15.2 Å². The molecule has 254 valence electrons. The van der Waals surface area contributed by atoms with Crippen LogP contribution in [-0.2, 0) is 19.1 Å². The van der Waals surface area contributed by atoms with Crippen LogP contribution < -0.4 is 11.1 Å². The number of benzene rings is 3. The van der Waals surface area contributed by atoms with Crippen LogP contribution in [-0.4, -0.2) is 58.0 Å². The molecular weight excluding hydrogens is 651 g/mol. The number of nitrogens with zero attached hydrogens (tertiary/aromatic N) is 2. The fourth-order valence-electron chi connectivity index (χ4n) is 5.64. The standard InChI is InChI=1S/C33H34N4O6.2ClH.2H2O/c1-20(2)42-32(38)27-21(3)35-31(34)29(28(27)24-15-10-16-25(17-24)37(40)41)33(39)43-26-18-36(19-26)30(22-11-6-4-7-12-22)23-13-8-5-9-14-23;;;;/h4-17,20,26,28,30,35H,18-19,34H2,1-3H3;2*1H;2*1H2/t28-;;;;/m1..../s1. The van der Waals surface area contributed by atoms with E-state index in [2.05, 4.69) is 34.5 Å². The van der Waals surface area contributed by atoms with Crippen LogP contribution in [0.25, 0.3) is 0 Å². The van der Waals surface area contributed by atoms with Gasteiger partial charge in [-0.15, -0.1) is 24.8 Å². The predicted molar refractivity (Wildman–Crippen MR) is 182 cm³/mol. The molecule has 3 aromatic carbocycles. The first-order valence-electron chi connectivity index (χ1n) is 14.1. The lowest BCUT2D eigenvalue weighted by Crippen LogP contribution is -2.54. The smallest absolute Gasteiger partial charge is 0.339 e. The van der Waals surface area contributed by atoms with Gasteiger partial charge >= 0.3 is 11.9 Å². The van der Waals surface area contributed by atoms with Crippen LogP contribution in [0.3, 0.4) is 0 Å². The number of hydrogen-bond acceptors (Lipinski definition) is 9. The number of esters is 2. The molecule has 0 radical (unpaired) electrons. The highest BCUT2D eigenvalue weighted by Crippen LogP contribution is 2.40. The highest BCUT2D eigenvalue weighted by atomic mass is 35.5. The van der Waals surface area contributed by atoms with E-state index in [9.17, 15) is 19.7 Å². The zero-order valence-electron chi connectivity index (χ0n) is 26.0. The van der Waals surface area contributed by atoms with Gasteiger partial charge in [0.2, 0.25) is 0 Å². The fourth-order valence-corrected chi connectivity index (χ4v) is 5.64. The molecule has 0 bridgehead atoms. The first kappa shape index (κ1) is 40.6. The van der Waals surface area contributed by atoms with E-state index in [0.717, 1.165) is 11.1 Å². The van der Waals surface area contributed by atoms with Crippen LogP contribution in [0, 0.1) is 10.1 Å². The monoisotopic (exact) mass is 690 g/mol. The summed E-state index contributed by atoms with van der Waals surface area (Å²) >= 11 is 0. The number of non-ortho nitro benzene ring substituents is 1. The van der Waals surface area contributed by atoms with Crippen LogP contribution in [0.15, 0.2) is 108 Å². The van der Waals surface area contributed by atoms with E-state index in [1.54, 1.807) is 26.8 Å². The van der Waals surface area contributed by atoms with Crippen molar-refractivity contribution >= 4 is 42.4 Å². The van der Waals surface area contributed by atoms with Crippen molar-refractivity contribution in [3.63, 3.8) is 0 Å². The average Bonchev–Trinajstić information content (AvgIpc) is 2.96. The number of rotatable bonds is 9. The number of ether oxygens (including phenoxy) is 2. The summed E-state index contributed by atoms with van der Waals surface area (Å²) in [6.45, 7) is 6.05. The summed E-state index contributed by atoms with van der Waals surface area (Å²) in [5, 5.41) is 14.5. The first-order chi connectivity index (χ1) is 20.6. The molecule has 2 aliphatic heterocycles. The van der Waals surface area contributed by atoms with Gasteiger partial charge in [0.15, 0.2) is 0 Å². The highest BCUT2D eigenvalue weighted by molar-refractivity contribution is 6.00. The second kappa shape index (κ2) is 17.5. The lowest BCUT2D eigenvalue weighted by atomic mass is 9.81. The van der Waals surface area contributed by atoms with E-state index < -0.39 is 35.0 Å². The molecule has 0 aliphatic carbocycles. The van der Waals surface area contributed by atoms with E-state index in [-0.39, 0.29) is 64.5 Å². The van der Waals surface area contributed by atoms with Crippen molar-refractivity contribution in [1.29, 1.82) is 0 Å². The minimum absolute atomic E-state index is 0. The molecule has 0 amide bonds. The minimum Gasteiger partial charge on any atom is -0.460 e. The molecule has 47 heavy (non-hydrogen) atoms. The van der Waals surface area contributed by atoms with Crippen molar-refractivity contribution in [3.05, 3.63) is 134 Å². The summed E-state index contributed by atoms with van der Waals surface area (Å²) in [5.41, 5.74) is 9.31. The van der Waals surface area contributed by atoms with Crippen molar-refractivity contribution < 1.29 is 34.9 Å². The van der Waals surface area contributed by atoms with Crippen molar-refractivity contribution in [2.24, 2.45) is 5.73 Å². The average molecular weight is 692 g/mol. The number of nitro groups is 1. The molecule has 0 saturated carbocycles. The van der Waals surface area contributed by atoms with Crippen LogP contribution in [0.5, 0.6) is 0 Å². The Morgan fingerprint density at radius 1 is 0.894 bits per heavy atom. The highest BCUT2D eigenvalue weighted by Gasteiger charge is 2.42. The van der Waals surface area contributed by atoms with Gasteiger partial charge in [-0.3, -0.25) is 15.0 Å². The summed E-state index contributed by atoms with van der Waals surface area (Å²) in [4.78, 5) is 40.4. The van der Waals surface area contributed by atoms with Gasteiger partial charge in [0.25, 0.3) is 5.69 Å². The Labute approximate surface area is 285 Å². The molecule has 0 spiro atoms. The molecule has 1 saturated heterocycles. The van der Waals surface area contributed by atoms with Gasteiger partial charge in [-0.05, 0) is 37.5 Å².